The minimum Gasteiger partial charge on any atom is -0.361 e. The van der Waals surface area contributed by atoms with Crippen molar-refractivity contribution in [2.45, 2.75) is 39.0 Å². The van der Waals surface area contributed by atoms with Gasteiger partial charge in [-0.3, -0.25) is 18.9 Å². The third-order valence-electron chi connectivity index (χ3n) is 5.77. The Hall–Kier alpha value is -2.76. The number of hydrogen-bond donors (Lipinski definition) is 2. The molecule has 0 radical (unpaired) electrons. The minimum absolute atomic E-state index is 0.00565. The van der Waals surface area contributed by atoms with E-state index in [0.717, 1.165) is 19.1 Å². The molecule has 0 aliphatic carbocycles. The fourth-order valence-corrected chi connectivity index (χ4v) is 4.62. The van der Waals surface area contributed by atoms with Crippen molar-refractivity contribution in [2.75, 3.05) is 37.7 Å². The fraction of sp³-hybridized carbons (Fsp3) is 0.500. The molecule has 1 aliphatic rings. The lowest BCUT2D eigenvalue weighted by molar-refractivity contribution is 0.0865. The van der Waals surface area contributed by atoms with Crippen molar-refractivity contribution in [3.8, 4) is 0 Å². The lowest BCUT2D eigenvalue weighted by atomic mass is 10.2. The summed E-state index contributed by atoms with van der Waals surface area (Å²) < 4.78 is 23.3. The number of aromatic nitrogens is 4. The molecule has 0 spiro atoms. The average molecular weight is 475 g/mol. The van der Waals surface area contributed by atoms with Crippen LogP contribution in [0.3, 0.4) is 0 Å². The summed E-state index contributed by atoms with van der Waals surface area (Å²) in [5, 5.41) is 3.30. The van der Waals surface area contributed by atoms with Crippen LogP contribution in [0.15, 0.2) is 33.9 Å². The fourth-order valence-electron chi connectivity index (χ4n) is 3.87. The molecule has 2 N–H and O–H groups in total. The number of benzene rings is 1. The van der Waals surface area contributed by atoms with Gasteiger partial charge in [-0.05, 0) is 12.1 Å². The Balaban J connectivity index is 1.79. The third kappa shape index (κ3) is 5.26. The maximum Gasteiger partial charge on any atom is 0.332 e. The van der Waals surface area contributed by atoms with Crippen LogP contribution in [-0.4, -0.2) is 60.0 Å². The Morgan fingerprint density at radius 2 is 1.85 bits per heavy atom. The molecule has 3 aromatic rings. The van der Waals surface area contributed by atoms with Gasteiger partial charge in [0.1, 0.15) is 12.5 Å². The minimum atomic E-state index is -1.29. The first-order valence-corrected chi connectivity index (χ1v) is 15.0. The van der Waals surface area contributed by atoms with Gasteiger partial charge in [0.15, 0.2) is 11.2 Å². The van der Waals surface area contributed by atoms with Gasteiger partial charge >= 0.3 is 5.69 Å². The Morgan fingerprint density at radius 1 is 1.12 bits per heavy atom. The molecule has 0 bridgehead atoms. The second kappa shape index (κ2) is 9.62. The van der Waals surface area contributed by atoms with Crippen molar-refractivity contribution < 1.29 is 9.13 Å². The molecule has 0 unspecified atom stereocenters. The zero-order valence-electron chi connectivity index (χ0n) is 19.4. The van der Waals surface area contributed by atoms with Crippen molar-refractivity contribution in [3.63, 3.8) is 0 Å². The standard InChI is InChI=1S/C22H31FN6O3Si/c1-33(2,3)13-12-32-15-29-19-18(20(30)26-22(29)31)28(14-16-6-4-5-7-17(16)23)21(25-19)27-10-8-24-9-11-27/h4-7,24H,8-15H2,1-3H3,(H,26,30,31). The van der Waals surface area contributed by atoms with Crippen LogP contribution in [0.2, 0.25) is 25.7 Å². The number of halogens is 1. The number of ether oxygens (including phenoxy) is 1. The molecule has 1 aromatic carbocycles. The first kappa shape index (κ1) is 23.4. The highest BCUT2D eigenvalue weighted by molar-refractivity contribution is 6.76. The number of imidazole rings is 1. The van der Waals surface area contributed by atoms with E-state index in [1.165, 1.54) is 10.6 Å². The number of hydrogen-bond acceptors (Lipinski definition) is 6. The molecule has 1 saturated heterocycles. The maximum atomic E-state index is 14.5. The largest absolute Gasteiger partial charge is 0.361 e. The Kier molecular flexibility index (Phi) is 6.82. The molecule has 0 amide bonds. The van der Waals surface area contributed by atoms with E-state index in [1.54, 1.807) is 22.8 Å². The molecule has 0 saturated carbocycles. The molecule has 0 atom stereocenters. The van der Waals surface area contributed by atoms with Gasteiger partial charge in [-0.15, -0.1) is 0 Å². The summed E-state index contributed by atoms with van der Waals surface area (Å²) in [4.78, 5) is 34.7. The molecule has 9 nitrogen and oxygen atoms in total. The molecule has 1 aliphatic heterocycles. The van der Waals surface area contributed by atoms with Gasteiger partial charge in [-0.25, -0.2) is 9.18 Å². The summed E-state index contributed by atoms with van der Waals surface area (Å²) >= 11 is 0. The van der Waals surface area contributed by atoms with Crippen LogP contribution in [-0.2, 0) is 18.0 Å². The summed E-state index contributed by atoms with van der Waals surface area (Å²) in [6.45, 7) is 10.3. The number of rotatable bonds is 8. The maximum absolute atomic E-state index is 14.5. The van der Waals surface area contributed by atoms with Gasteiger partial charge in [0, 0.05) is 46.4 Å². The first-order valence-electron chi connectivity index (χ1n) is 11.2. The van der Waals surface area contributed by atoms with Crippen molar-refractivity contribution in [1.82, 2.24) is 24.4 Å². The second-order valence-corrected chi connectivity index (χ2v) is 15.2. The van der Waals surface area contributed by atoms with Crippen LogP contribution < -0.4 is 21.5 Å². The molecule has 1 fully saturated rings. The van der Waals surface area contributed by atoms with Crippen molar-refractivity contribution in [2.24, 2.45) is 0 Å². The highest BCUT2D eigenvalue weighted by atomic mass is 28.3. The molecule has 33 heavy (non-hydrogen) atoms. The van der Waals surface area contributed by atoms with E-state index < -0.39 is 19.3 Å². The Bertz CT molecular complexity index is 1240. The highest BCUT2D eigenvalue weighted by Crippen LogP contribution is 2.23. The number of nitrogens with one attached hydrogen (secondary N) is 2. The SMILES string of the molecule is C[Si](C)(C)CCOCn1c(=O)[nH]c(=O)c2c1nc(N1CCNCC1)n2Cc1ccccc1F. The zero-order chi connectivity index (χ0) is 23.6. The number of fused-ring (bicyclic) bond motifs is 1. The van der Waals surface area contributed by atoms with Gasteiger partial charge in [0.05, 0.1) is 6.54 Å². The van der Waals surface area contributed by atoms with Crippen molar-refractivity contribution in [1.29, 1.82) is 0 Å². The van der Waals surface area contributed by atoms with Gasteiger partial charge < -0.3 is 15.0 Å². The van der Waals surface area contributed by atoms with E-state index in [2.05, 4.69) is 34.8 Å². The second-order valence-electron chi connectivity index (χ2n) is 9.53. The lowest BCUT2D eigenvalue weighted by Gasteiger charge is -2.28. The number of piperazine rings is 1. The Labute approximate surface area is 192 Å². The molecule has 178 valence electrons. The quantitative estimate of drug-likeness (QED) is 0.382. The van der Waals surface area contributed by atoms with Crippen molar-refractivity contribution >= 4 is 25.2 Å². The molecular formula is C22H31FN6O3Si. The van der Waals surface area contributed by atoms with Crippen LogP contribution in [0.25, 0.3) is 11.2 Å². The number of H-pyrrole nitrogens is 1. The van der Waals surface area contributed by atoms with E-state index in [-0.39, 0.29) is 30.3 Å². The highest BCUT2D eigenvalue weighted by Gasteiger charge is 2.24. The number of aromatic amines is 1. The van der Waals surface area contributed by atoms with Crippen LogP contribution >= 0.6 is 0 Å². The lowest BCUT2D eigenvalue weighted by Crippen LogP contribution is -2.44. The summed E-state index contributed by atoms with van der Waals surface area (Å²) in [5.74, 6) is 0.187. The van der Waals surface area contributed by atoms with E-state index >= 15 is 0 Å². The van der Waals surface area contributed by atoms with Crippen LogP contribution in [0, 0.1) is 5.82 Å². The van der Waals surface area contributed by atoms with Crippen molar-refractivity contribution in [3.05, 3.63) is 56.5 Å². The third-order valence-corrected chi connectivity index (χ3v) is 7.47. The predicted molar refractivity (Wildman–Crippen MR) is 129 cm³/mol. The van der Waals surface area contributed by atoms with Crippen LogP contribution in [0.5, 0.6) is 0 Å². The molecule has 11 heteroatoms. The van der Waals surface area contributed by atoms with Gasteiger partial charge in [-0.1, -0.05) is 37.8 Å². The van der Waals surface area contributed by atoms with Gasteiger partial charge in [-0.2, -0.15) is 4.98 Å². The summed E-state index contributed by atoms with van der Waals surface area (Å²) in [6, 6.07) is 7.43. The van der Waals surface area contributed by atoms with Crippen LogP contribution in [0.1, 0.15) is 5.56 Å². The number of anilines is 1. The topological polar surface area (TPSA) is 97.2 Å². The molecule has 4 rings (SSSR count). The van der Waals surface area contributed by atoms with E-state index in [4.69, 9.17) is 9.72 Å². The van der Waals surface area contributed by atoms with Gasteiger partial charge in [0.2, 0.25) is 5.95 Å². The monoisotopic (exact) mass is 474 g/mol. The number of nitrogens with zero attached hydrogens (tertiary/aromatic N) is 4. The smallest absolute Gasteiger partial charge is 0.332 e. The normalized spacial score (nSPS) is 14.8. The molecule has 3 heterocycles. The first-order chi connectivity index (χ1) is 15.7. The van der Waals surface area contributed by atoms with Crippen LogP contribution in [0.4, 0.5) is 10.3 Å². The van der Waals surface area contributed by atoms with E-state index in [9.17, 15) is 14.0 Å². The predicted octanol–water partition coefficient (Wildman–Crippen LogP) is 1.80. The summed E-state index contributed by atoms with van der Waals surface area (Å²) in [5.41, 5.74) is -0.181. The van der Waals surface area contributed by atoms with E-state index in [1.807, 2.05) is 0 Å². The van der Waals surface area contributed by atoms with E-state index in [0.29, 0.717) is 31.2 Å². The summed E-state index contributed by atoms with van der Waals surface area (Å²) in [6.07, 6.45) is 0. The molecular weight excluding hydrogens is 443 g/mol. The Morgan fingerprint density at radius 3 is 2.55 bits per heavy atom. The average Bonchev–Trinajstić information content (AvgIpc) is 3.14. The zero-order valence-corrected chi connectivity index (χ0v) is 20.4. The molecule has 2 aromatic heterocycles. The summed E-state index contributed by atoms with van der Waals surface area (Å²) in [7, 11) is -1.29. The van der Waals surface area contributed by atoms with Gasteiger partial charge in [0.25, 0.3) is 5.56 Å².